The van der Waals surface area contributed by atoms with Crippen LogP contribution in [0.3, 0.4) is 0 Å². The van der Waals surface area contributed by atoms with Gasteiger partial charge in [-0.05, 0) is 38.0 Å². The van der Waals surface area contributed by atoms with E-state index in [0.29, 0.717) is 0 Å². The second kappa shape index (κ2) is 6.24. The van der Waals surface area contributed by atoms with Crippen molar-refractivity contribution in [3.63, 3.8) is 0 Å². The number of hydrogen-bond donors (Lipinski definition) is 0. The van der Waals surface area contributed by atoms with Crippen LogP contribution in [0.25, 0.3) is 0 Å². The molecule has 0 aromatic rings. The average Bonchev–Trinajstić information content (AvgIpc) is 2.55. The average molecular weight is 276 g/mol. The summed E-state index contributed by atoms with van der Waals surface area (Å²) in [4.78, 5) is 2.74. The topological polar surface area (TPSA) is 3.24 Å². The number of nitrogens with zero attached hydrogens (tertiary/aromatic N) is 1. The third-order valence-corrected chi connectivity index (χ3v) is 4.84. The molecule has 3 unspecified atom stereocenters. The van der Waals surface area contributed by atoms with Gasteiger partial charge in [0.2, 0.25) is 0 Å². The molecule has 0 radical (unpaired) electrons. The highest BCUT2D eigenvalue weighted by molar-refractivity contribution is 9.09. The summed E-state index contributed by atoms with van der Waals surface area (Å²) in [6.07, 6.45) is 4.12. The molecule has 2 heteroatoms. The normalized spacial score (nSPS) is 30.0. The minimum Gasteiger partial charge on any atom is -0.297 e. The largest absolute Gasteiger partial charge is 0.297 e. The van der Waals surface area contributed by atoms with Crippen LogP contribution >= 0.6 is 15.9 Å². The van der Waals surface area contributed by atoms with Crippen LogP contribution in [-0.2, 0) is 0 Å². The third kappa shape index (κ3) is 3.45. The Morgan fingerprint density at radius 1 is 1.33 bits per heavy atom. The van der Waals surface area contributed by atoms with Gasteiger partial charge in [0.1, 0.15) is 0 Å². The Labute approximate surface area is 104 Å². The van der Waals surface area contributed by atoms with Gasteiger partial charge in [-0.1, -0.05) is 36.7 Å². The fourth-order valence-corrected chi connectivity index (χ4v) is 3.55. The monoisotopic (exact) mass is 275 g/mol. The number of rotatable bonds is 5. The van der Waals surface area contributed by atoms with E-state index < -0.39 is 0 Å². The first-order valence-electron chi connectivity index (χ1n) is 6.41. The Hall–Kier alpha value is 0.440. The van der Waals surface area contributed by atoms with Gasteiger partial charge in [0.25, 0.3) is 0 Å². The summed E-state index contributed by atoms with van der Waals surface area (Å²) in [7, 11) is 0. The first-order chi connectivity index (χ1) is 7.10. The standard InChI is InChI=1S/C13H26BrN/c1-5-13-7-6-11(4)15(13)9-12(8-14)10(2)3/h10-13H,5-9H2,1-4H3. The lowest BCUT2D eigenvalue weighted by molar-refractivity contribution is 0.157. The van der Waals surface area contributed by atoms with Crippen molar-refractivity contribution in [2.45, 2.75) is 59.0 Å². The first kappa shape index (κ1) is 13.5. The van der Waals surface area contributed by atoms with E-state index in [4.69, 9.17) is 0 Å². The lowest BCUT2D eigenvalue weighted by Crippen LogP contribution is -2.39. The molecule has 0 bridgehead atoms. The van der Waals surface area contributed by atoms with Gasteiger partial charge in [0, 0.05) is 24.0 Å². The third-order valence-electron chi connectivity index (χ3n) is 4.01. The van der Waals surface area contributed by atoms with Crippen molar-refractivity contribution in [2.75, 3.05) is 11.9 Å². The van der Waals surface area contributed by atoms with Gasteiger partial charge in [0.05, 0.1) is 0 Å². The fraction of sp³-hybridized carbons (Fsp3) is 1.00. The highest BCUT2D eigenvalue weighted by Crippen LogP contribution is 2.28. The van der Waals surface area contributed by atoms with Crippen LogP contribution in [0.2, 0.25) is 0 Å². The summed E-state index contributed by atoms with van der Waals surface area (Å²) in [5, 5.41) is 1.14. The van der Waals surface area contributed by atoms with Crippen molar-refractivity contribution >= 4 is 15.9 Å². The van der Waals surface area contributed by atoms with Crippen LogP contribution in [0.1, 0.15) is 47.0 Å². The molecule has 1 aliphatic rings. The van der Waals surface area contributed by atoms with Crippen molar-refractivity contribution in [3.8, 4) is 0 Å². The molecule has 90 valence electrons. The zero-order chi connectivity index (χ0) is 11.4. The molecule has 0 spiro atoms. The molecule has 1 fully saturated rings. The minimum atomic E-state index is 0.787. The molecular formula is C13H26BrN. The molecule has 1 saturated heterocycles. The van der Waals surface area contributed by atoms with Crippen LogP contribution in [0, 0.1) is 11.8 Å². The van der Waals surface area contributed by atoms with Crippen molar-refractivity contribution in [3.05, 3.63) is 0 Å². The van der Waals surface area contributed by atoms with Crippen molar-refractivity contribution in [2.24, 2.45) is 11.8 Å². The number of likely N-dealkylation sites (tertiary alicyclic amines) is 1. The predicted molar refractivity (Wildman–Crippen MR) is 71.6 cm³/mol. The van der Waals surface area contributed by atoms with Gasteiger partial charge in [-0.25, -0.2) is 0 Å². The molecule has 1 rings (SSSR count). The molecule has 0 aromatic carbocycles. The van der Waals surface area contributed by atoms with E-state index in [1.165, 1.54) is 25.8 Å². The van der Waals surface area contributed by atoms with E-state index in [2.05, 4.69) is 48.5 Å². The molecule has 1 aliphatic heterocycles. The summed E-state index contributed by atoms with van der Waals surface area (Å²) < 4.78 is 0. The quantitative estimate of drug-likeness (QED) is 0.688. The zero-order valence-corrected chi connectivity index (χ0v) is 12.3. The van der Waals surface area contributed by atoms with Crippen LogP contribution in [-0.4, -0.2) is 28.9 Å². The van der Waals surface area contributed by atoms with E-state index in [1.807, 2.05) is 0 Å². The zero-order valence-electron chi connectivity index (χ0n) is 10.7. The predicted octanol–water partition coefficient (Wildman–Crippen LogP) is 3.92. The Bertz CT molecular complexity index is 181. The summed E-state index contributed by atoms with van der Waals surface area (Å²) in [6.45, 7) is 10.7. The molecule has 15 heavy (non-hydrogen) atoms. The van der Waals surface area contributed by atoms with E-state index in [0.717, 1.165) is 29.2 Å². The maximum atomic E-state index is 3.66. The molecule has 3 atom stereocenters. The lowest BCUT2D eigenvalue weighted by atomic mass is 9.96. The summed E-state index contributed by atoms with van der Waals surface area (Å²) in [5.41, 5.74) is 0. The van der Waals surface area contributed by atoms with Gasteiger partial charge < -0.3 is 0 Å². The van der Waals surface area contributed by atoms with Crippen molar-refractivity contribution in [1.29, 1.82) is 0 Å². The maximum absolute atomic E-state index is 3.66. The van der Waals surface area contributed by atoms with Gasteiger partial charge in [-0.2, -0.15) is 0 Å². The van der Waals surface area contributed by atoms with Gasteiger partial charge in [-0.3, -0.25) is 4.90 Å². The summed E-state index contributed by atoms with van der Waals surface area (Å²) in [6, 6.07) is 1.65. The molecular weight excluding hydrogens is 250 g/mol. The van der Waals surface area contributed by atoms with E-state index in [-0.39, 0.29) is 0 Å². The smallest absolute Gasteiger partial charge is 0.00961 e. The molecule has 1 heterocycles. The number of hydrogen-bond acceptors (Lipinski definition) is 1. The molecule has 0 saturated carbocycles. The maximum Gasteiger partial charge on any atom is 0.00961 e. The van der Waals surface area contributed by atoms with Crippen LogP contribution in [0.5, 0.6) is 0 Å². The molecule has 1 nitrogen and oxygen atoms in total. The van der Waals surface area contributed by atoms with Gasteiger partial charge in [0.15, 0.2) is 0 Å². The number of halogens is 1. The van der Waals surface area contributed by atoms with Crippen molar-refractivity contribution in [1.82, 2.24) is 4.90 Å². The first-order valence-corrected chi connectivity index (χ1v) is 7.54. The van der Waals surface area contributed by atoms with Crippen LogP contribution < -0.4 is 0 Å². The van der Waals surface area contributed by atoms with E-state index >= 15 is 0 Å². The Kier molecular flexibility index (Phi) is 5.62. The highest BCUT2D eigenvalue weighted by Gasteiger charge is 2.31. The van der Waals surface area contributed by atoms with Gasteiger partial charge in [-0.15, -0.1) is 0 Å². The van der Waals surface area contributed by atoms with Crippen LogP contribution in [0.15, 0.2) is 0 Å². The molecule has 0 amide bonds. The molecule has 0 aliphatic carbocycles. The Balaban J connectivity index is 2.53. The molecule has 0 aromatic heterocycles. The second-order valence-electron chi connectivity index (χ2n) is 5.34. The van der Waals surface area contributed by atoms with Crippen molar-refractivity contribution < 1.29 is 0 Å². The minimum absolute atomic E-state index is 0.787. The SMILES string of the molecule is CCC1CCC(C)N1CC(CBr)C(C)C. The second-order valence-corrected chi connectivity index (χ2v) is 5.99. The highest BCUT2D eigenvalue weighted by atomic mass is 79.9. The van der Waals surface area contributed by atoms with E-state index in [1.54, 1.807) is 0 Å². The van der Waals surface area contributed by atoms with Crippen LogP contribution in [0.4, 0.5) is 0 Å². The Morgan fingerprint density at radius 3 is 2.47 bits per heavy atom. The lowest BCUT2D eigenvalue weighted by Gasteiger charge is -2.32. The number of alkyl halides is 1. The van der Waals surface area contributed by atoms with Gasteiger partial charge >= 0.3 is 0 Å². The van der Waals surface area contributed by atoms with E-state index in [9.17, 15) is 0 Å². The fourth-order valence-electron chi connectivity index (χ4n) is 2.60. The summed E-state index contributed by atoms with van der Waals surface area (Å²) in [5.74, 6) is 1.59. The summed E-state index contributed by atoms with van der Waals surface area (Å²) >= 11 is 3.66. The molecule has 0 N–H and O–H groups in total. The Morgan fingerprint density at radius 2 is 2.00 bits per heavy atom.